The van der Waals surface area contributed by atoms with Crippen LogP contribution in [0.4, 0.5) is 0 Å². The number of nitrogens with zero attached hydrogens (tertiary/aromatic N) is 3. The van der Waals surface area contributed by atoms with Crippen LogP contribution in [0.5, 0.6) is 0 Å². The monoisotopic (exact) mass is 393 g/mol. The van der Waals surface area contributed by atoms with Crippen LogP contribution in [0, 0.1) is 11.3 Å². The van der Waals surface area contributed by atoms with E-state index in [2.05, 4.69) is 33.9 Å². The Morgan fingerprint density at radius 3 is 2.91 bits per heavy atom. The fourth-order valence-corrected chi connectivity index (χ4v) is 3.64. The Labute approximate surface area is 149 Å². The van der Waals surface area contributed by atoms with Crippen molar-refractivity contribution in [2.75, 3.05) is 5.75 Å². The Morgan fingerprint density at radius 1 is 1.35 bits per heavy atom. The molecule has 1 heterocycles. The van der Waals surface area contributed by atoms with Gasteiger partial charge < -0.3 is 0 Å². The van der Waals surface area contributed by atoms with Crippen molar-refractivity contribution in [1.29, 1.82) is 5.26 Å². The van der Waals surface area contributed by atoms with Crippen molar-refractivity contribution in [3.8, 4) is 6.07 Å². The molecule has 4 nitrogen and oxygen atoms in total. The van der Waals surface area contributed by atoms with Crippen molar-refractivity contribution in [2.24, 2.45) is 0 Å². The Hall–Kier alpha value is -1.32. The van der Waals surface area contributed by atoms with Gasteiger partial charge in [0.15, 0.2) is 5.16 Å². The lowest BCUT2D eigenvalue weighted by Gasteiger charge is -2.13. The second kappa shape index (κ2) is 9.09. The molecule has 0 saturated heterocycles. The van der Waals surface area contributed by atoms with Crippen LogP contribution >= 0.6 is 27.7 Å². The van der Waals surface area contributed by atoms with Gasteiger partial charge in [0.2, 0.25) is 0 Å². The maximum atomic E-state index is 12.8. The molecule has 0 fully saturated rings. The highest BCUT2D eigenvalue weighted by molar-refractivity contribution is 9.10. The zero-order chi connectivity index (χ0) is 16.7. The Bertz CT molecular complexity index is 767. The van der Waals surface area contributed by atoms with Crippen molar-refractivity contribution in [1.82, 2.24) is 9.55 Å². The molecule has 0 saturated carbocycles. The molecule has 0 radical (unpaired) electrons. The Balaban J connectivity index is 2.36. The highest BCUT2D eigenvalue weighted by atomic mass is 79.9. The minimum atomic E-state index is 0.0233. The summed E-state index contributed by atoms with van der Waals surface area (Å²) in [5, 5.41) is 10.1. The Kier molecular flexibility index (Phi) is 7.13. The van der Waals surface area contributed by atoms with E-state index in [9.17, 15) is 4.79 Å². The van der Waals surface area contributed by atoms with Gasteiger partial charge in [-0.3, -0.25) is 9.36 Å². The number of rotatable bonds is 8. The molecular weight excluding hydrogens is 374 g/mol. The topological polar surface area (TPSA) is 58.7 Å². The molecule has 0 aliphatic carbocycles. The predicted octanol–water partition coefficient (Wildman–Crippen LogP) is 4.75. The molecule has 2 rings (SSSR count). The lowest BCUT2D eigenvalue weighted by molar-refractivity contribution is 0.541. The van der Waals surface area contributed by atoms with Gasteiger partial charge in [-0.25, -0.2) is 4.98 Å². The van der Waals surface area contributed by atoms with Crippen molar-refractivity contribution in [2.45, 2.75) is 50.7 Å². The van der Waals surface area contributed by atoms with Crippen LogP contribution in [0.2, 0.25) is 0 Å². The van der Waals surface area contributed by atoms with Crippen LogP contribution in [0.3, 0.4) is 0 Å². The van der Waals surface area contributed by atoms with Gasteiger partial charge in [0.1, 0.15) is 0 Å². The van der Waals surface area contributed by atoms with Crippen LogP contribution in [0.1, 0.15) is 39.0 Å². The van der Waals surface area contributed by atoms with Gasteiger partial charge in [-0.05, 0) is 31.0 Å². The third-order valence-electron chi connectivity index (χ3n) is 3.53. The van der Waals surface area contributed by atoms with Gasteiger partial charge in [0, 0.05) is 23.2 Å². The van der Waals surface area contributed by atoms with Crippen LogP contribution in [0.25, 0.3) is 10.9 Å². The average molecular weight is 394 g/mol. The molecular formula is C17H20BrN3OS. The molecule has 23 heavy (non-hydrogen) atoms. The predicted molar refractivity (Wildman–Crippen MR) is 98.8 cm³/mol. The number of hydrogen-bond acceptors (Lipinski definition) is 4. The normalized spacial score (nSPS) is 10.8. The molecule has 0 N–H and O–H groups in total. The van der Waals surface area contributed by atoms with Gasteiger partial charge in [-0.1, -0.05) is 47.5 Å². The molecule has 0 aliphatic heterocycles. The minimum absolute atomic E-state index is 0.0233. The number of unbranched alkanes of at least 4 members (excludes halogenated alkanes) is 3. The fourth-order valence-electron chi connectivity index (χ4n) is 2.31. The van der Waals surface area contributed by atoms with Gasteiger partial charge in [-0.15, -0.1) is 0 Å². The highest BCUT2D eigenvalue weighted by Gasteiger charge is 2.11. The second-order valence-corrected chi connectivity index (χ2v) is 7.31. The number of hydrogen-bond donors (Lipinski definition) is 0. The van der Waals surface area contributed by atoms with E-state index in [1.54, 1.807) is 16.3 Å². The van der Waals surface area contributed by atoms with E-state index in [-0.39, 0.29) is 5.56 Å². The van der Waals surface area contributed by atoms with Gasteiger partial charge in [0.25, 0.3) is 5.56 Å². The van der Waals surface area contributed by atoms with Gasteiger partial charge in [0.05, 0.1) is 17.0 Å². The Morgan fingerprint density at radius 2 is 2.17 bits per heavy atom. The molecule has 0 unspecified atom stereocenters. The molecule has 122 valence electrons. The number of halogens is 1. The van der Waals surface area contributed by atoms with Gasteiger partial charge >= 0.3 is 0 Å². The van der Waals surface area contributed by atoms with Gasteiger partial charge in [-0.2, -0.15) is 5.26 Å². The van der Waals surface area contributed by atoms with Crippen LogP contribution in [-0.2, 0) is 6.54 Å². The maximum absolute atomic E-state index is 12.8. The molecule has 2 aromatic rings. The fraction of sp³-hybridized carbons (Fsp3) is 0.471. The number of benzene rings is 1. The first-order valence-electron chi connectivity index (χ1n) is 7.87. The van der Waals surface area contributed by atoms with E-state index in [1.807, 2.05) is 18.2 Å². The highest BCUT2D eigenvalue weighted by Crippen LogP contribution is 2.21. The zero-order valence-corrected chi connectivity index (χ0v) is 15.6. The summed E-state index contributed by atoms with van der Waals surface area (Å²) >= 11 is 4.99. The SMILES string of the molecule is CCCCCn1c(SCCCC#N)nc2ccc(Br)cc2c1=O. The van der Waals surface area contributed by atoms with Crippen molar-refractivity contribution >= 4 is 38.6 Å². The average Bonchev–Trinajstić information content (AvgIpc) is 2.55. The van der Waals surface area contributed by atoms with Crippen molar-refractivity contribution in [3.63, 3.8) is 0 Å². The third kappa shape index (κ3) is 4.82. The summed E-state index contributed by atoms with van der Waals surface area (Å²) in [5.41, 5.74) is 0.753. The van der Waals surface area contributed by atoms with Crippen LogP contribution < -0.4 is 5.56 Å². The zero-order valence-electron chi connectivity index (χ0n) is 13.2. The summed E-state index contributed by atoms with van der Waals surface area (Å²) in [4.78, 5) is 17.5. The van der Waals surface area contributed by atoms with Crippen molar-refractivity contribution in [3.05, 3.63) is 33.0 Å². The first-order chi connectivity index (χ1) is 11.2. The van der Waals surface area contributed by atoms with E-state index < -0.39 is 0 Å². The molecule has 6 heteroatoms. The third-order valence-corrected chi connectivity index (χ3v) is 5.09. The van der Waals surface area contributed by atoms with E-state index >= 15 is 0 Å². The van der Waals surface area contributed by atoms with E-state index in [0.717, 1.165) is 46.6 Å². The lowest BCUT2D eigenvalue weighted by atomic mass is 10.2. The molecule has 0 atom stereocenters. The number of nitriles is 1. The van der Waals surface area contributed by atoms with Crippen LogP contribution in [0.15, 0.2) is 32.6 Å². The second-order valence-electron chi connectivity index (χ2n) is 5.33. The molecule has 0 bridgehead atoms. The molecule has 1 aromatic heterocycles. The largest absolute Gasteiger partial charge is 0.287 e. The quantitative estimate of drug-likeness (QED) is 0.369. The van der Waals surface area contributed by atoms with E-state index in [1.165, 1.54) is 0 Å². The first kappa shape index (κ1) is 18.0. The molecule has 1 aromatic carbocycles. The standard InChI is InChI=1S/C17H20BrN3OS/c1-2-3-5-10-21-16(22)14-12-13(18)7-8-15(14)20-17(21)23-11-6-4-9-19/h7-8,12H,2-6,10-11H2,1H3. The minimum Gasteiger partial charge on any atom is -0.287 e. The summed E-state index contributed by atoms with van der Waals surface area (Å²) in [6.45, 7) is 2.85. The maximum Gasteiger partial charge on any atom is 0.262 e. The summed E-state index contributed by atoms with van der Waals surface area (Å²) in [6.07, 6.45) is 4.54. The number of thioether (sulfide) groups is 1. The van der Waals surface area contributed by atoms with Crippen LogP contribution in [-0.4, -0.2) is 15.3 Å². The summed E-state index contributed by atoms with van der Waals surface area (Å²) in [6, 6.07) is 7.76. The summed E-state index contributed by atoms with van der Waals surface area (Å²) < 4.78 is 2.68. The number of fused-ring (bicyclic) bond motifs is 1. The summed E-state index contributed by atoms with van der Waals surface area (Å²) in [5.74, 6) is 0.801. The van der Waals surface area contributed by atoms with Crippen molar-refractivity contribution < 1.29 is 0 Å². The molecule has 0 amide bonds. The van der Waals surface area contributed by atoms with E-state index in [4.69, 9.17) is 5.26 Å². The lowest BCUT2D eigenvalue weighted by Crippen LogP contribution is -2.23. The summed E-state index contributed by atoms with van der Waals surface area (Å²) in [7, 11) is 0. The number of aromatic nitrogens is 2. The van der Waals surface area contributed by atoms with E-state index in [0.29, 0.717) is 18.4 Å². The smallest absolute Gasteiger partial charge is 0.262 e. The molecule has 0 spiro atoms. The molecule has 0 aliphatic rings. The first-order valence-corrected chi connectivity index (χ1v) is 9.65.